The molecule has 2 fully saturated rings. The van der Waals surface area contributed by atoms with Crippen molar-refractivity contribution in [2.75, 3.05) is 13.1 Å². The van der Waals surface area contributed by atoms with Gasteiger partial charge in [-0.3, -0.25) is 4.79 Å². The van der Waals surface area contributed by atoms with Gasteiger partial charge in [0.05, 0.1) is 5.54 Å². The second kappa shape index (κ2) is 4.74. The Morgan fingerprint density at radius 2 is 2.00 bits per heavy atom. The molecule has 2 aliphatic rings. The average Bonchev–Trinajstić information content (AvgIpc) is 3.03. The third kappa shape index (κ3) is 2.57. The maximum absolute atomic E-state index is 11.8. The zero-order valence-electron chi connectivity index (χ0n) is 10.4. The minimum atomic E-state index is -0.0148. The fraction of sp³-hybridized carbons (Fsp3) is 0.923. The van der Waals surface area contributed by atoms with Gasteiger partial charge in [-0.05, 0) is 25.2 Å². The molecule has 1 aliphatic carbocycles. The Morgan fingerprint density at radius 3 is 2.56 bits per heavy atom. The Kier molecular flexibility index (Phi) is 3.53. The Labute approximate surface area is 98.4 Å². The van der Waals surface area contributed by atoms with Crippen LogP contribution in [0.2, 0.25) is 0 Å². The van der Waals surface area contributed by atoms with Crippen molar-refractivity contribution in [3.8, 4) is 0 Å². The van der Waals surface area contributed by atoms with Crippen molar-refractivity contribution in [1.82, 2.24) is 4.90 Å². The number of amides is 1. The summed E-state index contributed by atoms with van der Waals surface area (Å²) in [5, 5.41) is 0. The van der Waals surface area contributed by atoms with Crippen LogP contribution in [-0.4, -0.2) is 29.4 Å². The van der Waals surface area contributed by atoms with E-state index in [1.165, 1.54) is 32.1 Å². The maximum Gasteiger partial charge on any atom is 0.222 e. The number of hydrogen-bond acceptors (Lipinski definition) is 2. The molecule has 0 bridgehead atoms. The number of likely N-dealkylation sites (tertiary alicyclic amines) is 1. The molecule has 92 valence electrons. The van der Waals surface area contributed by atoms with Crippen LogP contribution in [-0.2, 0) is 4.79 Å². The van der Waals surface area contributed by atoms with E-state index in [1.807, 2.05) is 4.90 Å². The molecule has 1 saturated carbocycles. The van der Waals surface area contributed by atoms with E-state index in [0.717, 1.165) is 25.9 Å². The van der Waals surface area contributed by atoms with Crippen LogP contribution in [0.4, 0.5) is 0 Å². The summed E-state index contributed by atoms with van der Waals surface area (Å²) < 4.78 is 0. The zero-order valence-corrected chi connectivity index (χ0v) is 10.4. The Bertz CT molecular complexity index is 255. The van der Waals surface area contributed by atoms with E-state index in [2.05, 4.69) is 6.92 Å². The summed E-state index contributed by atoms with van der Waals surface area (Å²) in [7, 11) is 0. The summed E-state index contributed by atoms with van der Waals surface area (Å²) in [6.45, 7) is 3.81. The normalized spacial score (nSPS) is 23.0. The first-order chi connectivity index (χ1) is 7.65. The molecule has 0 aromatic rings. The second-order valence-corrected chi connectivity index (χ2v) is 5.57. The van der Waals surface area contributed by atoms with Gasteiger partial charge in [0.2, 0.25) is 5.91 Å². The monoisotopic (exact) mass is 224 g/mol. The third-order valence-electron chi connectivity index (χ3n) is 3.96. The Hall–Kier alpha value is -0.570. The van der Waals surface area contributed by atoms with Gasteiger partial charge in [0.1, 0.15) is 0 Å². The minimum Gasteiger partial charge on any atom is -0.339 e. The van der Waals surface area contributed by atoms with E-state index < -0.39 is 0 Å². The van der Waals surface area contributed by atoms with E-state index >= 15 is 0 Å². The number of hydrogen-bond donors (Lipinski definition) is 1. The van der Waals surface area contributed by atoms with Gasteiger partial charge in [0.15, 0.2) is 0 Å². The largest absolute Gasteiger partial charge is 0.339 e. The molecule has 16 heavy (non-hydrogen) atoms. The number of carbonyl (C=O) groups is 1. The molecule has 0 spiro atoms. The highest BCUT2D eigenvalue weighted by Crippen LogP contribution is 2.43. The molecule has 0 unspecified atom stereocenters. The van der Waals surface area contributed by atoms with E-state index in [1.54, 1.807) is 0 Å². The molecule has 1 heterocycles. The van der Waals surface area contributed by atoms with Gasteiger partial charge in [-0.2, -0.15) is 0 Å². The molecule has 0 aromatic heterocycles. The molecule has 2 N–H and O–H groups in total. The molecule has 1 amide bonds. The minimum absolute atomic E-state index is 0.0148. The van der Waals surface area contributed by atoms with Crippen LogP contribution >= 0.6 is 0 Å². The molecule has 1 aliphatic heterocycles. The number of unbranched alkanes of at least 4 members (excludes halogenated alkanes) is 3. The smallest absolute Gasteiger partial charge is 0.222 e. The molecular weight excluding hydrogens is 200 g/mol. The van der Waals surface area contributed by atoms with Crippen LogP contribution in [0.5, 0.6) is 0 Å². The van der Waals surface area contributed by atoms with Crippen LogP contribution in [0.1, 0.15) is 51.9 Å². The predicted molar refractivity (Wildman–Crippen MR) is 65.0 cm³/mol. The Morgan fingerprint density at radius 1 is 1.31 bits per heavy atom. The van der Waals surface area contributed by atoms with Crippen molar-refractivity contribution < 1.29 is 4.79 Å². The van der Waals surface area contributed by atoms with Crippen LogP contribution < -0.4 is 5.73 Å². The summed E-state index contributed by atoms with van der Waals surface area (Å²) in [6, 6.07) is 0. The lowest BCUT2D eigenvalue weighted by Crippen LogP contribution is -2.69. The summed E-state index contributed by atoms with van der Waals surface area (Å²) in [4.78, 5) is 13.7. The molecule has 3 heteroatoms. The quantitative estimate of drug-likeness (QED) is 0.700. The molecule has 0 aromatic carbocycles. The lowest BCUT2D eigenvalue weighted by Gasteiger charge is -2.48. The van der Waals surface area contributed by atoms with Gasteiger partial charge < -0.3 is 10.6 Å². The van der Waals surface area contributed by atoms with Gasteiger partial charge in [0.25, 0.3) is 0 Å². The molecule has 0 atom stereocenters. The lowest BCUT2D eigenvalue weighted by atomic mass is 9.85. The number of rotatable bonds is 6. The third-order valence-corrected chi connectivity index (χ3v) is 3.96. The van der Waals surface area contributed by atoms with Gasteiger partial charge in [-0.15, -0.1) is 0 Å². The molecular formula is C13H24N2O. The highest BCUT2D eigenvalue weighted by Gasteiger charge is 2.51. The molecule has 2 rings (SSSR count). The summed E-state index contributed by atoms with van der Waals surface area (Å²) in [6.07, 6.45) is 7.98. The maximum atomic E-state index is 11.8. The van der Waals surface area contributed by atoms with Gasteiger partial charge in [-0.1, -0.05) is 26.2 Å². The standard InChI is InChI=1S/C13H24N2O/c1-2-3-4-5-6-12(16)15-9-13(14,10-15)11-7-8-11/h11H,2-10,14H2,1H3. The van der Waals surface area contributed by atoms with E-state index in [9.17, 15) is 4.79 Å². The van der Waals surface area contributed by atoms with E-state index in [0.29, 0.717) is 11.8 Å². The second-order valence-electron chi connectivity index (χ2n) is 5.57. The fourth-order valence-corrected chi connectivity index (χ4v) is 2.62. The van der Waals surface area contributed by atoms with Crippen LogP contribution in [0.3, 0.4) is 0 Å². The van der Waals surface area contributed by atoms with Gasteiger partial charge >= 0.3 is 0 Å². The van der Waals surface area contributed by atoms with Crippen molar-refractivity contribution in [1.29, 1.82) is 0 Å². The fourth-order valence-electron chi connectivity index (χ4n) is 2.62. The lowest BCUT2D eigenvalue weighted by molar-refractivity contribution is -0.139. The number of nitrogens with zero attached hydrogens (tertiary/aromatic N) is 1. The van der Waals surface area contributed by atoms with Crippen LogP contribution in [0, 0.1) is 5.92 Å². The van der Waals surface area contributed by atoms with Crippen molar-refractivity contribution in [3.63, 3.8) is 0 Å². The Balaban J connectivity index is 1.61. The van der Waals surface area contributed by atoms with Crippen molar-refractivity contribution >= 4 is 5.91 Å². The molecule has 0 radical (unpaired) electrons. The van der Waals surface area contributed by atoms with Crippen molar-refractivity contribution in [2.24, 2.45) is 11.7 Å². The zero-order chi connectivity index (χ0) is 11.6. The van der Waals surface area contributed by atoms with Gasteiger partial charge in [0, 0.05) is 19.5 Å². The van der Waals surface area contributed by atoms with E-state index in [-0.39, 0.29) is 5.54 Å². The van der Waals surface area contributed by atoms with E-state index in [4.69, 9.17) is 5.73 Å². The first-order valence-corrected chi connectivity index (χ1v) is 6.72. The van der Waals surface area contributed by atoms with Crippen molar-refractivity contribution in [2.45, 2.75) is 57.4 Å². The van der Waals surface area contributed by atoms with Crippen molar-refractivity contribution in [3.05, 3.63) is 0 Å². The first kappa shape index (κ1) is 11.9. The number of nitrogens with two attached hydrogens (primary N) is 1. The average molecular weight is 224 g/mol. The number of carbonyl (C=O) groups excluding carboxylic acids is 1. The molecule has 1 saturated heterocycles. The summed E-state index contributed by atoms with van der Waals surface area (Å²) in [5.41, 5.74) is 6.20. The highest BCUT2D eigenvalue weighted by molar-refractivity contribution is 5.77. The summed E-state index contributed by atoms with van der Waals surface area (Å²) >= 11 is 0. The van der Waals surface area contributed by atoms with Gasteiger partial charge in [-0.25, -0.2) is 0 Å². The SMILES string of the molecule is CCCCCCC(=O)N1CC(N)(C2CC2)C1. The van der Waals surface area contributed by atoms with Crippen LogP contribution in [0.25, 0.3) is 0 Å². The topological polar surface area (TPSA) is 46.3 Å². The predicted octanol–water partition coefficient (Wildman–Crippen LogP) is 1.91. The first-order valence-electron chi connectivity index (χ1n) is 6.72. The summed E-state index contributed by atoms with van der Waals surface area (Å²) in [5.74, 6) is 1.02. The van der Waals surface area contributed by atoms with Crippen LogP contribution in [0.15, 0.2) is 0 Å². The highest BCUT2D eigenvalue weighted by atomic mass is 16.2. The molecule has 3 nitrogen and oxygen atoms in total.